The molecule has 0 saturated heterocycles. The van der Waals surface area contributed by atoms with Gasteiger partial charge in [-0.15, -0.1) is 0 Å². The van der Waals surface area contributed by atoms with E-state index in [9.17, 15) is 5.11 Å². The maximum Gasteiger partial charge on any atom is 0.145 e. The summed E-state index contributed by atoms with van der Waals surface area (Å²) in [6.45, 7) is 0. The molecule has 5 N–H and O–H groups in total. The van der Waals surface area contributed by atoms with E-state index in [1.54, 1.807) is 6.07 Å². The summed E-state index contributed by atoms with van der Waals surface area (Å²) in [4.78, 5) is 0. The average molecular weight is 199 g/mol. The Labute approximate surface area is 81.3 Å². The van der Waals surface area contributed by atoms with E-state index in [0.29, 0.717) is 5.02 Å². The fourth-order valence-electron chi connectivity index (χ4n) is 1.79. The monoisotopic (exact) mass is 198 g/mol. The Kier molecular flexibility index (Phi) is 1.86. The fraction of sp³-hybridized carbons (Fsp3) is 0.333. The fourth-order valence-corrected chi connectivity index (χ4v) is 2.02. The zero-order valence-electron chi connectivity index (χ0n) is 7.05. The highest BCUT2D eigenvalue weighted by Gasteiger charge is 2.25. The average Bonchev–Trinajstić information content (AvgIpc) is 2.43. The highest BCUT2D eigenvalue weighted by Crippen LogP contribution is 2.42. The van der Waals surface area contributed by atoms with E-state index in [2.05, 4.69) is 0 Å². The van der Waals surface area contributed by atoms with Gasteiger partial charge in [-0.25, -0.2) is 0 Å². The number of anilines is 1. The summed E-state index contributed by atoms with van der Waals surface area (Å²) < 4.78 is 0. The number of nitrogen functional groups attached to an aromatic ring is 1. The molecule has 1 aromatic carbocycles. The lowest BCUT2D eigenvalue weighted by atomic mass is 10.1. The molecule has 0 amide bonds. The van der Waals surface area contributed by atoms with Crippen LogP contribution in [0.15, 0.2) is 6.07 Å². The van der Waals surface area contributed by atoms with Gasteiger partial charge in [-0.2, -0.15) is 0 Å². The summed E-state index contributed by atoms with van der Waals surface area (Å²) in [5.74, 6) is 0.0625. The quantitative estimate of drug-likeness (QED) is 0.438. The Balaban J connectivity index is 2.68. The van der Waals surface area contributed by atoms with Crippen molar-refractivity contribution in [1.29, 1.82) is 0 Å². The molecular weight excluding hydrogens is 188 g/mol. The molecule has 0 aromatic heterocycles. The van der Waals surface area contributed by atoms with E-state index >= 15 is 0 Å². The van der Waals surface area contributed by atoms with Crippen LogP contribution in [0, 0.1) is 0 Å². The molecule has 0 saturated carbocycles. The molecule has 0 aliphatic heterocycles. The molecule has 2 rings (SSSR count). The van der Waals surface area contributed by atoms with E-state index in [1.807, 2.05) is 0 Å². The van der Waals surface area contributed by atoms with Gasteiger partial charge >= 0.3 is 0 Å². The maximum absolute atomic E-state index is 9.68. The van der Waals surface area contributed by atoms with Crippen molar-refractivity contribution in [2.45, 2.75) is 18.9 Å². The van der Waals surface area contributed by atoms with Gasteiger partial charge in [0.25, 0.3) is 0 Å². The van der Waals surface area contributed by atoms with Crippen molar-refractivity contribution in [1.82, 2.24) is 0 Å². The highest BCUT2D eigenvalue weighted by atomic mass is 35.5. The maximum atomic E-state index is 9.68. The van der Waals surface area contributed by atoms with Crippen molar-refractivity contribution in [2.24, 2.45) is 5.73 Å². The highest BCUT2D eigenvalue weighted by molar-refractivity contribution is 6.33. The zero-order chi connectivity index (χ0) is 9.59. The Bertz CT molecular complexity index is 365. The Morgan fingerprint density at radius 1 is 1.54 bits per heavy atom. The summed E-state index contributed by atoms with van der Waals surface area (Å²) in [6.07, 6.45) is 1.72. The largest absolute Gasteiger partial charge is 0.505 e. The molecule has 0 bridgehead atoms. The standard InChI is InChI=1S/C9H11ClN2O/c10-5-3-4-1-2-6(11)7(4)9(13)8(5)12/h3,6,13H,1-2,11-12H2. The topological polar surface area (TPSA) is 72.3 Å². The van der Waals surface area contributed by atoms with Crippen LogP contribution in [0.3, 0.4) is 0 Å². The van der Waals surface area contributed by atoms with Crippen LogP contribution >= 0.6 is 11.6 Å². The minimum Gasteiger partial charge on any atom is -0.505 e. The van der Waals surface area contributed by atoms with Crippen LogP contribution in [0.5, 0.6) is 5.75 Å². The number of hydrogen-bond acceptors (Lipinski definition) is 3. The van der Waals surface area contributed by atoms with Crippen molar-refractivity contribution < 1.29 is 5.11 Å². The molecule has 1 unspecified atom stereocenters. The number of fused-ring (bicyclic) bond motifs is 1. The van der Waals surface area contributed by atoms with Gasteiger partial charge in [0.1, 0.15) is 5.75 Å². The predicted molar refractivity (Wildman–Crippen MR) is 52.8 cm³/mol. The van der Waals surface area contributed by atoms with E-state index in [4.69, 9.17) is 23.1 Å². The second-order valence-electron chi connectivity index (χ2n) is 3.34. The van der Waals surface area contributed by atoms with E-state index in [0.717, 1.165) is 24.0 Å². The molecule has 1 aliphatic rings. The SMILES string of the molecule is Nc1c(Cl)cc2c(c1O)C(N)CC2. The lowest BCUT2D eigenvalue weighted by molar-refractivity contribution is 0.466. The second kappa shape index (κ2) is 2.79. The van der Waals surface area contributed by atoms with Gasteiger partial charge in [0.15, 0.2) is 0 Å². The van der Waals surface area contributed by atoms with Crippen LogP contribution in [0.1, 0.15) is 23.6 Å². The Hall–Kier alpha value is -0.930. The Morgan fingerprint density at radius 2 is 2.23 bits per heavy atom. The van der Waals surface area contributed by atoms with Crippen molar-refractivity contribution in [3.8, 4) is 5.75 Å². The first-order valence-corrected chi connectivity index (χ1v) is 4.54. The van der Waals surface area contributed by atoms with Crippen molar-refractivity contribution in [3.05, 3.63) is 22.2 Å². The van der Waals surface area contributed by atoms with Crippen LogP contribution < -0.4 is 11.5 Å². The second-order valence-corrected chi connectivity index (χ2v) is 3.75. The van der Waals surface area contributed by atoms with Crippen molar-refractivity contribution >= 4 is 17.3 Å². The van der Waals surface area contributed by atoms with Gasteiger partial charge in [0.05, 0.1) is 10.7 Å². The zero-order valence-corrected chi connectivity index (χ0v) is 7.80. The molecular formula is C9H11ClN2O. The minimum absolute atomic E-state index is 0.0625. The molecule has 1 atom stereocenters. The molecule has 0 spiro atoms. The van der Waals surface area contributed by atoms with E-state index < -0.39 is 0 Å². The number of hydrogen-bond donors (Lipinski definition) is 3. The van der Waals surface area contributed by atoms with Crippen LogP contribution in [0.4, 0.5) is 5.69 Å². The molecule has 0 fully saturated rings. The molecule has 0 radical (unpaired) electrons. The first-order chi connectivity index (χ1) is 6.11. The van der Waals surface area contributed by atoms with Gasteiger partial charge < -0.3 is 16.6 Å². The van der Waals surface area contributed by atoms with Gasteiger partial charge in [-0.3, -0.25) is 0 Å². The summed E-state index contributed by atoms with van der Waals surface area (Å²) in [5, 5.41) is 10.1. The van der Waals surface area contributed by atoms with Crippen molar-refractivity contribution in [3.63, 3.8) is 0 Å². The molecule has 4 heteroatoms. The normalized spacial score (nSPS) is 20.3. The first-order valence-electron chi connectivity index (χ1n) is 4.16. The molecule has 0 heterocycles. The number of aryl methyl sites for hydroxylation is 1. The van der Waals surface area contributed by atoms with E-state index in [-0.39, 0.29) is 17.5 Å². The van der Waals surface area contributed by atoms with Crippen LogP contribution in [0.25, 0.3) is 0 Å². The first kappa shape index (κ1) is 8.66. The third kappa shape index (κ3) is 1.16. The van der Waals surface area contributed by atoms with Gasteiger partial charge in [-0.05, 0) is 24.5 Å². The van der Waals surface area contributed by atoms with Crippen LogP contribution in [-0.2, 0) is 6.42 Å². The molecule has 1 aliphatic carbocycles. The number of halogens is 1. The van der Waals surface area contributed by atoms with Crippen LogP contribution in [0.2, 0.25) is 5.02 Å². The lowest BCUT2D eigenvalue weighted by Gasteiger charge is -2.10. The van der Waals surface area contributed by atoms with Crippen molar-refractivity contribution in [2.75, 3.05) is 5.73 Å². The molecule has 13 heavy (non-hydrogen) atoms. The minimum atomic E-state index is -0.102. The summed E-state index contributed by atoms with van der Waals surface area (Å²) in [6, 6.07) is 1.69. The third-order valence-electron chi connectivity index (χ3n) is 2.51. The Morgan fingerprint density at radius 3 is 2.92 bits per heavy atom. The number of aromatic hydroxyl groups is 1. The number of rotatable bonds is 0. The molecule has 3 nitrogen and oxygen atoms in total. The van der Waals surface area contributed by atoms with Gasteiger partial charge in [-0.1, -0.05) is 11.6 Å². The van der Waals surface area contributed by atoms with Gasteiger partial charge in [0.2, 0.25) is 0 Å². The smallest absolute Gasteiger partial charge is 0.145 e. The summed E-state index contributed by atoms with van der Waals surface area (Å²) in [7, 11) is 0. The molecule has 1 aromatic rings. The summed E-state index contributed by atoms with van der Waals surface area (Å²) in [5.41, 5.74) is 13.4. The number of phenols is 1. The van der Waals surface area contributed by atoms with Gasteiger partial charge in [0, 0.05) is 11.6 Å². The molecule has 70 valence electrons. The number of phenolic OH excluding ortho intramolecular Hbond substituents is 1. The number of nitrogens with two attached hydrogens (primary N) is 2. The van der Waals surface area contributed by atoms with E-state index in [1.165, 1.54) is 0 Å². The predicted octanol–water partition coefficient (Wildman–Crippen LogP) is 1.57. The third-order valence-corrected chi connectivity index (χ3v) is 2.82. The van der Waals surface area contributed by atoms with Crippen LogP contribution in [-0.4, -0.2) is 5.11 Å². The summed E-state index contributed by atoms with van der Waals surface area (Å²) >= 11 is 5.82. The lowest BCUT2D eigenvalue weighted by Crippen LogP contribution is -2.06. The number of benzene rings is 1.